The van der Waals surface area contributed by atoms with Gasteiger partial charge in [-0.15, -0.1) is 11.3 Å². The van der Waals surface area contributed by atoms with Crippen molar-refractivity contribution in [3.63, 3.8) is 0 Å². The third-order valence-corrected chi connectivity index (χ3v) is 5.28. The van der Waals surface area contributed by atoms with E-state index in [1.807, 2.05) is 36.5 Å². The van der Waals surface area contributed by atoms with Gasteiger partial charge in [-0.3, -0.25) is 4.79 Å². The fourth-order valence-corrected chi connectivity index (χ4v) is 3.90. The lowest BCUT2D eigenvalue weighted by Crippen LogP contribution is -2.39. The van der Waals surface area contributed by atoms with Gasteiger partial charge >= 0.3 is 0 Å². The summed E-state index contributed by atoms with van der Waals surface area (Å²) in [6.45, 7) is 3.66. The Morgan fingerprint density at radius 3 is 3.05 bits per heavy atom. The Bertz CT molecular complexity index is 667. The summed E-state index contributed by atoms with van der Waals surface area (Å²) < 4.78 is 0. The minimum Gasteiger partial charge on any atom is -0.373 e. The molecule has 1 fully saturated rings. The topological polar surface area (TPSA) is 45.2 Å². The second-order valence-electron chi connectivity index (χ2n) is 5.75. The third kappa shape index (κ3) is 2.99. The maximum Gasteiger partial charge on any atom is 0.264 e. The molecule has 116 valence electrons. The first-order valence-electron chi connectivity index (χ1n) is 7.66. The number of hydrogen-bond acceptors (Lipinski definition) is 4. The normalized spacial score (nSPS) is 18.3. The SMILES string of the molecule is CNc1cc([C@H]2CCCN(C(=O)c3sccc3C)C2)ccn1. The molecule has 0 radical (unpaired) electrons. The molecule has 1 amide bonds. The van der Waals surface area contributed by atoms with Gasteiger partial charge in [0.15, 0.2) is 0 Å². The van der Waals surface area contributed by atoms with Crippen LogP contribution in [0.2, 0.25) is 0 Å². The van der Waals surface area contributed by atoms with Crippen LogP contribution in [0.1, 0.15) is 39.6 Å². The molecule has 1 atom stereocenters. The summed E-state index contributed by atoms with van der Waals surface area (Å²) in [6, 6.07) is 6.17. The van der Waals surface area contributed by atoms with Gasteiger partial charge in [0, 0.05) is 32.3 Å². The van der Waals surface area contributed by atoms with Crippen LogP contribution in [-0.4, -0.2) is 35.9 Å². The van der Waals surface area contributed by atoms with E-state index < -0.39 is 0 Å². The first-order chi connectivity index (χ1) is 10.7. The smallest absolute Gasteiger partial charge is 0.264 e. The lowest BCUT2D eigenvalue weighted by atomic mass is 9.91. The highest BCUT2D eigenvalue weighted by molar-refractivity contribution is 7.12. The molecule has 5 heteroatoms. The highest BCUT2D eigenvalue weighted by Crippen LogP contribution is 2.29. The van der Waals surface area contributed by atoms with Gasteiger partial charge in [-0.05, 0) is 54.5 Å². The van der Waals surface area contributed by atoms with Crippen molar-refractivity contribution in [2.75, 3.05) is 25.5 Å². The zero-order valence-corrected chi connectivity index (χ0v) is 13.8. The van der Waals surface area contributed by atoms with Crippen LogP contribution in [0.4, 0.5) is 5.82 Å². The van der Waals surface area contributed by atoms with Crippen molar-refractivity contribution in [3.05, 3.63) is 45.8 Å². The number of aryl methyl sites for hydroxylation is 1. The van der Waals surface area contributed by atoms with Crippen molar-refractivity contribution in [1.82, 2.24) is 9.88 Å². The maximum absolute atomic E-state index is 12.7. The van der Waals surface area contributed by atoms with E-state index in [1.54, 1.807) is 11.3 Å². The average Bonchev–Trinajstić information content (AvgIpc) is 3.00. The van der Waals surface area contributed by atoms with Gasteiger partial charge < -0.3 is 10.2 Å². The summed E-state index contributed by atoms with van der Waals surface area (Å²) in [5.74, 6) is 1.46. The lowest BCUT2D eigenvalue weighted by Gasteiger charge is -2.33. The molecule has 0 aliphatic carbocycles. The van der Waals surface area contributed by atoms with E-state index in [0.717, 1.165) is 42.2 Å². The van der Waals surface area contributed by atoms with Gasteiger partial charge in [0.2, 0.25) is 0 Å². The molecular weight excluding hydrogens is 294 g/mol. The number of anilines is 1. The molecule has 2 aromatic heterocycles. The Morgan fingerprint density at radius 2 is 2.32 bits per heavy atom. The van der Waals surface area contributed by atoms with Gasteiger partial charge in [-0.25, -0.2) is 4.98 Å². The van der Waals surface area contributed by atoms with Gasteiger partial charge in [-0.2, -0.15) is 0 Å². The molecule has 1 N–H and O–H groups in total. The Morgan fingerprint density at radius 1 is 1.45 bits per heavy atom. The van der Waals surface area contributed by atoms with Crippen LogP contribution in [0.25, 0.3) is 0 Å². The molecule has 3 rings (SSSR count). The number of likely N-dealkylation sites (tertiary alicyclic amines) is 1. The second kappa shape index (κ2) is 6.48. The number of carbonyl (C=O) groups excluding carboxylic acids is 1. The molecule has 0 bridgehead atoms. The summed E-state index contributed by atoms with van der Waals surface area (Å²) in [4.78, 5) is 19.8. The van der Waals surface area contributed by atoms with E-state index >= 15 is 0 Å². The number of amides is 1. The van der Waals surface area contributed by atoms with E-state index in [1.165, 1.54) is 5.56 Å². The summed E-state index contributed by atoms with van der Waals surface area (Å²) in [7, 11) is 1.88. The molecule has 1 aliphatic rings. The molecule has 0 spiro atoms. The molecule has 1 aliphatic heterocycles. The summed E-state index contributed by atoms with van der Waals surface area (Å²) >= 11 is 1.54. The Hall–Kier alpha value is -1.88. The maximum atomic E-state index is 12.7. The van der Waals surface area contributed by atoms with Crippen molar-refractivity contribution in [3.8, 4) is 0 Å². The Balaban J connectivity index is 1.76. The van der Waals surface area contributed by atoms with E-state index in [0.29, 0.717) is 5.92 Å². The van der Waals surface area contributed by atoms with E-state index in [9.17, 15) is 4.79 Å². The fraction of sp³-hybridized carbons (Fsp3) is 0.412. The van der Waals surface area contributed by atoms with Crippen LogP contribution < -0.4 is 5.32 Å². The highest BCUT2D eigenvalue weighted by atomic mass is 32.1. The minimum absolute atomic E-state index is 0.181. The average molecular weight is 315 g/mol. The van der Waals surface area contributed by atoms with Crippen LogP contribution >= 0.6 is 11.3 Å². The first-order valence-corrected chi connectivity index (χ1v) is 8.54. The number of rotatable bonds is 3. The quantitative estimate of drug-likeness (QED) is 0.942. The minimum atomic E-state index is 0.181. The van der Waals surface area contributed by atoms with E-state index in [2.05, 4.69) is 22.4 Å². The molecular formula is C17H21N3OS. The van der Waals surface area contributed by atoms with Gasteiger partial charge in [0.1, 0.15) is 5.82 Å². The summed E-state index contributed by atoms with van der Waals surface area (Å²) in [5, 5.41) is 5.07. The number of aromatic nitrogens is 1. The summed E-state index contributed by atoms with van der Waals surface area (Å²) in [5.41, 5.74) is 2.35. The van der Waals surface area contributed by atoms with Crippen molar-refractivity contribution in [2.45, 2.75) is 25.7 Å². The molecule has 0 unspecified atom stereocenters. The molecule has 22 heavy (non-hydrogen) atoms. The number of piperidine rings is 1. The van der Waals surface area contributed by atoms with Crippen molar-refractivity contribution >= 4 is 23.1 Å². The Labute approximate surface area is 135 Å². The van der Waals surface area contributed by atoms with Gasteiger partial charge in [0.25, 0.3) is 5.91 Å². The Kier molecular flexibility index (Phi) is 4.43. The third-order valence-electron chi connectivity index (χ3n) is 4.28. The van der Waals surface area contributed by atoms with E-state index in [4.69, 9.17) is 0 Å². The van der Waals surface area contributed by atoms with Crippen LogP contribution in [0.15, 0.2) is 29.8 Å². The number of thiophene rings is 1. The zero-order valence-electron chi connectivity index (χ0n) is 13.0. The van der Waals surface area contributed by atoms with Gasteiger partial charge in [0.05, 0.1) is 4.88 Å². The number of pyridine rings is 1. The standard InChI is InChI=1S/C17H21N3OS/c1-12-6-9-22-16(12)17(21)20-8-3-4-14(11-20)13-5-7-19-15(10-13)18-2/h5-7,9-10,14H,3-4,8,11H2,1-2H3,(H,18,19)/t14-/m0/s1. The zero-order chi connectivity index (χ0) is 15.5. The number of hydrogen-bond donors (Lipinski definition) is 1. The molecule has 1 saturated heterocycles. The van der Waals surface area contributed by atoms with E-state index in [-0.39, 0.29) is 5.91 Å². The predicted octanol–water partition coefficient (Wildman–Crippen LogP) is 3.51. The monoisotopic (exact) mass is 315 g/mol. The van der Waals surface area contributed by atoms with Crippen LogP contribution in [0.5, 0.6) is 0 Å². The van der Waals surface area contributed by atoms with Crippen molar-refractivity contribution in [2.24, 2.45) is 0 Å². The molecule has 2 aromatic rings. The summed E-state index contributed by atoms with van der Waals surface area (Å²) in [6.07, 6.45) is 4.02. The molecule has 0 aromatic carbocycles. The number of nitrogens with zero attached hydrogens (tertiary/aromatic N) is 2. The number of carbonyl (C=O) groups is 1. The van der Waals surface area contributed by atoms with Crippen LogP contribution in [-0.2, 0) is 0 Å². The van der Waals surface area contributed by atoms with Crippen molar-refractivity contribution < 1.29 is 4.79 Å². The molecule has 3 heterocycles. The largest absolute Gasteiger partial charge is 0.373 e. The lowest BCUT2D eigenvalue weighted by molar-refractivity contribution is 0.0711. The van der Waals surface area contributed by atoms with Crippen LogP contribution in [0, 0.1) is 6.92 Å². The molecule has 0 saturated carbocycles. The van der Waals surface area contributed by atoms with Crippen LogP contribution in [0.3, 0.4) is 0 Å². The van der Waals surface area contributed by atoms with Gasteiger partial charge in [-0.1, -0.05) is 0 Å². The fourth-order valence-electron chi connectivity index (χ4n) is 3.01. The predicted molar refractivity (Wildman–Crippen MR) is 90.7 cm³/mol. The number of nitrogens with one attached hydrogen (secondary N) is 1. The van der Waals surface area contributed by atoms with Crippen molar-refractivity contribution in [1.29, 1.82) is 0 Å². The second-order valence-corrected chi connectivity index (χ2v) is 6.66. The first kappa shape index (κ1) is 15.0. The molecule has 4 nitrogen and oxygen atoms in total. The highest BCUT2D eigenvalue weighted by Gasteiger charge is 2.26.